The predicted octanol–water partition coefficient (Wildman–Crippen LogP) is 1.37. The molecule has 1 fully saturated rings. The van der Waals surface area contributed by atoms with Crippen LogP contribution in [0.1, 0.15) is 0 Å². The molecular formula is C15H17FN4O. The zero-order chi connectivity index (χ0) is 14.7. The van der Waals surface area contributed by atoms with Crippen LogP contribution in [0.25, 0.3) is 0 Å². The Balaban J connectivity index is 1.55. The van der Waals surface area contributed by atoms with Crippen LogP contribution in [0.2, 0.25) is 0 Å². The monoisotopic (exact) mass is 288 g/mol. The van der Waals surface area contributed by atoms with Gasteiger partial charge in [0.25, 0.3) is 0 Å². The van der Waals surface area contributed by atoms with E-state index in [1.54, 1.807) is 35.3 Å². The third kappa shape index (κ3) is 3.21. The second-order valence-corrected chi connectivity index (χ2v) is 5.05. The molecule has 0 atom stereocenters. The van der Waals surface area contributed by atoms with Gasteiger partial charge < -0.3 is 9.80 Å². The summed E-state index contributed by atoms with van der Waals surface area (Å²) < 4.78 is 14.6. The number of halogens is 1. The summed E-state index contributed by atoms with van der Waals surface area (Å²) in [6.45, 7) is 3.16. The maximum Gasteiger partial charge on any atom is 0.244 e. The number of carbonyl (C=O) groups is 1. The first kappa shape index (κ1) is 13.6. The minimum Gasteiger partial charge on any atom is -0.368 e. The summed E-state index contributed by atoms with van der Waals surface area (Å²) in [6, 6.07) is 8.28. The van der Waals surface area contributed by atoms with Crippen molar-refractivity contribution in [2.45, 2.75) is 6.54 Å². The molecule has 0 radical (unpaired) electrons. The Kier molecular flexibility index (Phi) is 3.85. The SMILES string of the molecule is O=C(Cn1cccn1)N1CCN(c2ccc(F)cc2)CC1. The second-order valence-electron chi connectivity index (χ2n) is 5.05. The lowest BCUT2D eigenvalue weighted by atomic mass is 10.2. The molecule has 1 aromatic heterocycles. The molecule has 2 aromatic rings. The third-order valence-corrected chi connectivity index (χ3v) is 3.68. The highest BCUT2D eigenvalue weighted by Gasteiger charge is 2.21. The first-order chi connectivity index (χ1) is 10.2. The Labute approximate surface area is 122 Å². The maximum absolute atomic E-state index is 12.9. The van der Waals surface area contributed by atoms with Gasteiger partial charge in [0.1, 0.15) is 12.4 Å². The Bertz CT molecular complexity index is 589. The Morgan fingerprint density at radius 1 is 1.14 bits per heavy atom. The molecule has 1 saturated heterocycles. The van der Waals surface area contributed by atoms with Crippen molar-refractivity contribution >= 4 is 11.6 Å². The van der Waals surface area contributed by atoms with Gasteiger partial charge >= 0.3 is 0 Å². The minimum absolute atomic E-state index is 0.0810. The molecule has 6 heteroatoms. The number of nitrogens with zero attached hydrogens (tertiary/aromatic N) is 4. The van der Waals surface area contributed by atoms with Crippen molar-refractivity contribution < 1.29 is 9.18 Å². The molecule has 0 saturated carbocycles. The largest absolute Gasteiger partial charge is 0.368 e. The fourth-order valence-electron chi connectivity index (χ4n) is 2.50. The molecule has 3 rings (SSSR count). The summed E-state index contributed by atoms with van der Waals surface area (Å²) in [6.07, 6.45) is 3.45. The molecule has 0 aliphatic carbocycles. The molecule has 1 aliphatic heterocycles. The summed E-state index contributed by atoms with van der Waals surface area (Å²) in [5, 5.41) is 4.05. The summed E-state index contributed by atoms with van der Waals surface area (Å²) in [5.41, 5.74) is 0.996. The van der Waals surface area contributed by atoms with Crippen LogP contribution in [0.3, 0.4) is 0 Å². The van der Waals surface area contributed by atoms with Crippen LogP contribution < -0.4 is 4.90 Å². The summed E-state index contributed by atoms with van der Waals surface area (Å²) >= 11 is 0. The molecule has 1 aromatic carbocycles. The van der Waals surface area contributed by atoms with Gasteiger partial charge in [-0.05, 0) is 30.3 Å². The van der Waals surface area contributed by atoms with Crippen LogP contribution in [0, 0.1) is 5.82 Å². The highest BCUT2D eigenvalue weighted by atomic mass is 19.1. The van der Waals surface area contributed by atoms with Crippen LogP contribution in [0.5, 0.6) is 0 Å². The number of amides is 1. The van der Waals surface area contributed by atoms with Gasteiger partial charge in [-0.2, -0.15) is 5.10 Å². The fourth-order valence-corrected chi connectivity index (χ4v) is 2.50. The van der Waals surface area contributed by atoms with Crippen molar-refractivity contribution in [3.8, 4) is 0 Å². The average molecular weight is 288 g/mol. The molecule has 5 nitrogen and oxygen atoms in total. The highest BCUT2D eigenvalue weighted by molar-refractivity contribution is 5.76. The van der Waals surface area contributed by atoms with E-state index in [0.717, 1.165) is 18.8 Å². The normalized spacial score (nSPS) is 15.3. The first-order valence-corrected chi connectivity index (χ1v) is 6.98. The van der Waals surface area contributed by atoms with Crippen LogP contribution in [-0.2, 0) is 11.3 Å². The fraction of sp³-hybridized carbons (Fsp3) is 0.333. The number of benzene rings is 1. The van der Waals surface area contributed by atoms with Gasteiger partial charge in [0.15, 0.2) is 0 Å². The van der Waals surface area contributed by atoms with E-state index >= 15 is 0 Å². The lowest BCUT2D eigenvalue weighted by Crippen LogP contribution is -2.49. The summed E-state index contributed by atoms with van der Waals surface area (Å²) in [5.74, 6) is -0.149. The second kappa shape index (κ2) is 5.95. The number of carbonyl (C=O) groups excluding carboxylic acids is 1. The number of aromatic nitrogens is 2. The smallest absolute Gasteiger partial charge is 0.244 e. The maximum atomic E-state index is 12.9. The van der Waals surface area contributed by atoms with E-state index in [4.69, 9.17) is 0 Å². The number of hydrogen-bond acceptors (Lipinski definition) is 3. The molecule has 0 bridgehead atoms. The molecule has 110 valence electrons. The van der Waals surface area contributed by atoms with Crippen LogP contribution in [0.4, 0.5) is 10.1 Å². The van der Waals surface area contributed by atoms with E-state index in [2.05, 4.69) is 10.00 Å². The van der Waals surface area contributed by atoms with Crippen molar-refractivity contribution in [2.75, 3.05) is 31.1 Å². The molecule has 0 spiro atoms. The molecule has 0 unspecified atom stereocenters. The zero-order valence-electron chi connectivity index (χ0n) is 11.7. The third-order valence-electron chi connectivity index (χ3n) is 3.68. The van der Waals surface area contributed by atoms with Gasteiger partial charge in [-0.15, -0.1) is 0 Å². The number of anilines is 1. The minimum atomic E-state index is -0.230. The van der Waals surface area contributed by atoms with E-state index in [-0.39, 0.29) is 18.3 Å². The lowest BCUT2D eigenvalue weighted by molar-refractivity contribution is -0.132. The Morgan fingerprint density at radius 3 is 2.48 bits per heavy atom. The van der Waals surface area contributed by atoms with Gasteiger partial charge in [-0.3, -0.25) is 9.48 Å². The van der Waals surface area contributed by atoms with E-state index < -0.39 is 0 Å². The van der Waals surface area contributed by atoms with E-state index in [0.29, 0.717) is 13.1 Å². The zero-order valence-corrected chi connectivity index (χ0v) is 11.7. The van der Waals surface area contributed by atoms with Gasteiger partial charge in [0, 0.05) is 44.3 Å². The van der Waals surface area contributed by atoms with Crippen LogP contribution >= 0.6 is 0 Å². The summed E-state index contributed by atoms with van der Waals surface area (Å²) in [7, 11) is 0. The van der Waals surface area contributed by atoms with Crippen molar-refractivity contribution in [3.63, 3.8) is 0 Å². The van der Waals surface area contributed by atoms with E-state index in [1.807, 2.05) is 4.90 Å². The first-order valence-electron chi connectivity index (χ1n) is 6.98. The molecule has 0 N–H and O–H groups in total. The van der Waals surface area contributed by atoms with Crippen LogP contribution in [-0.4, -0.2) is 46.8 Å². The van der Waals surface area contributed by atoms with Gasteiger partial charge in [0.2, 0.25) is 5.91 Å². The Hall–Kier alpha value is -2.37. The van der Waals surface area contributed by atoms with E-state index in [1.165, 1.54) is 12.1 Å². The Morgan fingerprint density at radius 2 is 1.86 bits per heavy atom. The number of piperazine rings is 1. The number of hydrogen-bond donors (Lipinski definition) is 0. The summed E-state index contributed by atoms with van der Waals surface area (Å²) in [4.78, 5) is 16.2. The molecule has 1 amide bonds. The standard InChI is InChI=1S/C15H17FN4O/c16-13-2-4-14(5-3-13)18-8-10-19(11-9-18)15(21)12-20-7-1-6-17-20/h1-7H,8-12H2. The quantitative estimate of drug-likeness (QED) is 0.856. The van der Waals surface area contributed by atoms with Crippen molar-refractivity contribution in [1.29, 1.82) is 0 Å². The lowest BCUT2D eigenvalue weighted by Gasteiger charge is -2.36. The number of rotatable bonds is 3. The molecule has 2 heterocycles. The molecule has 21 heavy (non-hydrogen) atoms. The predicted molar refractivity (Wildman–Crippen MR) is 77.4 cm³/mol. The van der Waals surface area contributed by atoms with Crippen molar-refractivity contribution in [3.05, 3.63) is 48.5 Å². The van der Waals surface area contributed by atoms with Crippen molar-refractivity contribution in [2.24, 2.45) is 0 Å². The highest BCUT2D eigenvalue weighted by Crippen LogP contribution is 2.17. The van der Waals surface area contributed by atoms with Gasteiger partial charge in [0.05, 0.1) is 0 Å². The molecular weight excluding hydrogens is 271 g/mol. The van der Waals surface area contributed by atoms with E-state index in [9.17, 15) is 9.18 Å². The topological polar surface area (TPSA) is 41.4 Å². The van der Waals surface area contributed by atoms with Gasteiger partial charge in [-0.1, -0.05) is 0 Å². The average Bonchev–Trinajstić information content (AvgIpc) is 3.01. The van der Waals surface area contributed by atoms with Crippen LogP contribution in [0.15, 0.2) is 42.7 Å². The van der Waals surface area contributed by atoms with Crippen molar-refractivity contribution in [1.82, 2.24) is 14.7 Å². The molecule has 1 aliphatic rings. The van der Waals surface area contributed by atoms with Gasteiger partial charge in [-0.25, -0.2) is 4.39 Å².